The lowest BCUT2D eigenvalue weighted by molar-refractivity contribution is -0.138. The normalized spacial score (nSPS) is 11.5. The van der Waals surface area contributed by atoms with Gasteiger partial charge in [-0.15, -0.1) is 0 Å². The third kappa shape index (κ3) is 5.30. The molecule has 0 aliphatic carbocycles. The number of fused-ring (bicyclic) bond motifs is 2. The number of aryl methyl sites for hydroxylation is 2. The van der Waals surface area contributed by atoms with Crippen LogP contribution in [0.15, 0.2) is 39.9 Å². The highest BCUT2D eigenvalue weighted by Gasteiger charge is 2.33. The van der Waals surface area contributed by atoms with Crippen LogP contribution in [-0.4, -0.2) is 9.97 Å². The third-order valence-electron chi connectivity index (χ3n) is 5.21. The maximum absolute atomic E-state index is 13.8. The van der Waals surface area contributed by atoms with E-state index in [1.165, 1.54) is 19.1 Å². The number of H-pyrrole nitrogens is 2. The fourth-order valence-electron chi connectivity index (χ4n) is 3.60. The van der Waals surface area contributed by atoms with Gasteiger partial charge in [0.2, 0.25) is 0 Å². The molecule has 190 valence electrons. The summed E-state index contributed by atoms with van der Waals surface area (Å²) in [6.07, 6.45) is -9.26. The van der Waals surface area contributed by atoms with Crippen LogP contribution in [0.4, 0.5) is 30.7 Å². The van der Waals surface area contributed by atoms with E-state index in [-0.39, 0.29) is 27.4 Å². The molecule has 0 bridgehead atoms. The highest BCUT2D eigenvalue weighted by atomic mass is 19.4. The van der Waals surface area contributed by atoms with Gasteiger partial charge in [-0.3, -0.25) is 9.59 Å². The molecule has 0 unspecified atom stereocenters. The average molecular weight is 522 g/mol. The van der Waals surface area contributed by atoms with Gasteiger partial charge in [-0.1, -0.05) is 0 Å². The molecule has 0 aliphatic heterocycles. The van der Waals surface area contributed by atoms with Crippen LogP contribution in [0, 0.1) is 42.3 Å². The molecule has 13 heteroatoms. The van der Waals surface area contributed by atoms with Gasteiger partial charge in [-0.05, 0) is 49.6 Å². The number of nitrogens with zero attached hydrogens (tertiary/aromatic N) is 2. The number of aromatic nitrogens is 2. The monoisotopic (exact) mass is 522 g/mol. The summed E-state index contributed by atoms with van der Waals surface area (Å²) in [6.45, 7) is 2.79. The number of nitriles is 2. The maximum Gasteiger partial charge on any atom is 0.416 e. The molecule has 0 fully saturated rings. The largest absolute Gasteiger partial charge is 0.416 e. The number of alkyl halides is 6. The number of benzene rings is 2. The first kappa shape index (κ1) is 26.9. The van der Waals surface area contributed by atoms with Crippen LogP contribution in [-0.2, 0) is 12.4 Å². The SMILES string of the molecule is Cc1[nH]c(=O)c2c(C#N)cc(C(F)(F)F)cc2c1F.Cc1cc2cc(C(F)(F)F)cc(C#N)c2c(=O)[nH]1. The Morgan fingerprint density at radius 2 is 1.22 bits per heavy atom. The quantitative estimate of drug-likeness (QED) is 0.293. The van der Waals surface area contributed by atoms with Gasteiger partial charge < -0.3 is 9.97 Å². The van der Waals surface area contributed by atoms with E-state index in [0.717, 1.165) is 6.07 Å². The summed E-state index contributed by atoms with van der Waals surface area (Å²) < 4.78 is 89.7. The molecule has 2 aromatic carbocycles. The molecular formula is C24H13F7N4O2. The number of rotatable bonds is 0. The van der Waals surface area contributed by atoms with E-state index in [9.17, 15) is 40.3 Å². The Kier molecular flexibility index (Phi) is 6.86. The first-order chi connectivity index (χ1) is 17.1. The molecular weight excluding hydrogens is 509 g/mol. The molecule has 4 aromatic rings. The molecule has 0 spiro atoms. The molecule has 0 aliphatic rings. The number of hydrogen-bond acceptors (Lipinski definition) is 4. The van der Waals surface area contributed by atoms with Gasteiger partial charge in [-0.2, -0.15) is 36.9 Å². The minimum atomic E-state index is -4.72. The zero-order valence-electron chi connectivity index (χ0n) is 18.7. The fraction of sp³-hybridized carbons (Fsp3) is 0.167. The lowest BCUT2D eigenvalue weighted by atomic mass is 10.0. The van der Waals surface area contributed by atoms with Crippen LogP contribution in [0.25, 0.3) is 21.5 Å². The Bertz CT molecular complexity index is 1750. The maximum atomic E-state index is 13.8. The van der Waals surface area contributed by atoms with Gasteiger partial charge in [0, 0.05) is 11.1 Å². The summed E-state index contributed by atoms with van der Waals surface area (Å²) in [4.78, 5) is 27.9. The van der Waals surface area contributed by atoms with Gasteiger partial charge in [-0.25, -0.2) is 4.39 Å². The molecule has 4 rings (SSSR count). The van der Waals surface area contributed by atoms with Crippen LogP contribution in [0.5, 0.6) is 0 Å². The lowest BCUT2D eigenvalue weighted by Crippen LogP contribution is -2.14. The van der Waals surface area contributed by atoms with Crippen molar-refractivity contribution in [3.8, 4) is 12.1 Å². The summed E-state index contributed by atoms with van der Waals surface area (Å²) in [7, 11) is 0. The zero-order valence-corrected chi connectivity index (χ0v) is 18.7. The Morgan fingerprint density at radius 3 is 1.73 bits per heavy atom. The molecule has 2 aromatic heterocycles. The first-order valence-electron chi connectivity index (χ1n) is 10.1. The summed E-state index contributed by atoms with van der Waals surface area (Å²) in [6, 6.07) is 7.15. The number of pyridine rings is 2. The second-order valence-electron chi connectivity index (χ2n) is 7.83. The van der Waals surface area contributed by atoms with Crippen molar-refractivity contribution in [2.24, 2.45) is 0 Å². The van der Waals surface area contributed by atoms with E-state index in [2.05, 4.69) is 9.97 Å². The Balaban J connectivity index is 0.000000206. The van der Waals surface area contributed by atoms with Crippen molar-refractivity contribution < 1.29 is 30.7 Å². The number of hydrogen-bond donors (Lipinski definition) is 2. The molecule has 2 heterocycles. The number of halogens is 7. The van der Waals surface area contributed by atoms with E-state index in [0.29, 0.717) is 23.9 Å². The van der Waals surface area contributed by atoms with Crippen molar-refractivity contribution >= 4 is 21.5 Å². The van der Waals surface area contributed by atoms with Crippen molar-refractivity contribution in [1.82, 2.24) is 9.97 Å². The number of aromatic amines is 2. The van der Waals surface area contributed by atoms with Crippen LogP contribution in [0.1, 0.15) is 33.6 Å². The van der Waals surface area contributed by atoms with Crippen LogP contribution >= 0.6 is 0 Å². The fourth-order valence-corrected chi connectivity index (χ4v) is 3.60. The molecule has 2 N–H and O–H groups in total. The third-order valence-corrected chi connectivity index (χ3v) is 5.21. The van der Waals surface area contributed by atoms with E-state index >= 15 is 0 Å². The smallest absolute Gasteiger partial charge is 0.326 e. The summed E-state index contributed by atoms with van der Waals surface area (Å²) in [5.74, 6) is -0.975. The minimum Gasteiger partial charge on any atom is -0.326 e. The Labute approximate surface area is 202 Å². The second-order valence-corrected chi connectivity index (χ2v) is 7.83. The minimum absolute atomic E-state index is 0.0175. The van der Waals surface area contributed by atoms with Crippen molar-refractivity contribution in [3.05, 3.63) is 90.5 Å². The van der Waals surface area contributed by atoms with Gasteiger partial charge in [0.1, 0.15) is 5.82 Å². The van der Waals surface area contributed by atoms with Crippen molar-refractivity contribution in [2.75, 3.05) is 0 Å². The predicted molar refractivity (Wildman–Crippen MR) is 118 cm³/mol. The Morgan fingerprint density at radius 1 is 0.730 bits per heavy atom. The van der Waals surface area contributed by atoms with Crippen molar-refractivity contribution in [2.45, 2.75) is 26.2 Å². The van der Waals surface area contributed by atoms with Gasteiger partial charge in [0.15, 0.2) is 0 Å². The Hall–Kier alpha value is -4.65. The topological polar surface area (TPSA) is 113 Å². The molecule has 0 saturated heterocycles. The van der Waals surface area contributed by atoms with E-state index in [1.54, 1.807) is 13.0 Å². The van der Waals surface area contributed by atoms with Crippen molar-refractivity contribution in [3.63, 3.8) is 0 Å². The molecule has 0 radical (unpaired) electrons. The first-order valence-corrected chi connectivity index (χ1v) is 10.1. The highest BCUT2D eigenvalue weighted by Crippen LogP contribution is 2.34. The summed E-state index contributed by atoms with van der Waals surface area (Å²) in [5, 5.41) is 16.9. The van der Waals surface area contributed by atoms with Crippen LogP contribution in [0.2, 0.25) is 0 Å². The van der Waals surface area contributed by atoms with Gasteiger partial charge >= 0.3 is 12.4 Å². The molecule has 0 amide bonds. The van der Waals surface area contributed by atoms with E-state index < -0.39 is 51.4 Å². The van der Waals surface area contributed by atoms with Crippen molar-refractivity contribution in [1.29, 1.82) is 10.5 Å². The highest BCUT2D eigenvalue weighted by molar-refractivity contribution is 5.89. The molecule has 0 saturated carbocycles. The van der Waals surface area contributed by atoms with Crippen LogP contribution < -0.4 is 11.1 Å². The van der Waals surface area contributed by atoms with E-state index in [1.807, 2.05) is 0 Å². The molecule has 0 atom stereocenters. The average Bonchev–Trinajstić information content (AvgIpc) is 2.79. The summed E-state index contributed by atoms with van der Waals surface area (Å²) >= 11 is 0. The van der Waals surface area contributed by atoms with Gasteiger partial charge in [0.25, 0.3) is 11.1 Å². The second kappa shape index (κ2) is 9.43. The number of nitrogens with one attached hydrogen (secondary N) is 2. The lowest BCUT2D eigenvalue weighted by Gasteiger charge is -2.10. The van der Waals surface area contributed by atoms with Gasteiger partial charge in [0.05, 0.1) is 50.9 Å². The molecule has 37 heavy (non-hydrogen) atoms. The standard InChI is InChI=1S/C12H6F4N2O.C12H7F3N2O/c1-5-10(13)8-3-7(12(14,15)16)2-6(4-17)9(8)11(19)18-5;1-6-2-7-3-9(12(13,14)15)4-8(5-16)10(7)11(18)17-6/h2-3H,1H3,(H,18,19);2-4H,1H3,(H,17,18). The zero-order chi connectivity index (χ0) is 27.9. The molecule has 6 nitrogen and oxygen atoms in total. The summed E-state index contributed by atoms with van der Waals surface area (Å²) in [5.41, 5.74) is -3.98. The predicted octanol–water partition coefficient (Wildman–Crippen LogP) is 5.59. The van der Waals surface area contributed by atoms with E-state index in [4.69, 9.17) is 10.5 Å². The van der Waals surface area contributed by atoms with Crippen LogP contribution in [0.3, 0.4) is 0 Å².